The summed E-state index contributed by atoms with van der Waals surface area (Å²) in [5.74, 6) is -0.103. The Kier molecular flexibility index (Phi) is 5.39. The Labute approximate surface area is 178 Å². The maximum atomic E-state index is 13.2. The van der Waals surface area contributed by atoms with Crippen LogP contribution in [-0.4, -0.2) is 10.9 Å². The molecule has 0 atom stereocenters. The Morgan fingerprint density at radius 2 is 1.61 bits per heavy atom. The highest BCUT2D eigenvalue weighted by molar-refractivity contribution is 14.1. The molecular formula is C24H19IN2O. The molecule has 0 saturated carbocycles. The van der Waals surface area contributed by atoms with E-state index < -0.39 is 0 Å². The van der Waals surface area contributed by atoms with Crippen molar-refractivity contribution in [2.45, 2.75) is 13.5 Å². The number of amides is 1. The first-order chi connectivity index (χ1) is 13.6. The number of benzene rings is 3. The van der Waals surface area contributed by atoms with Crippen LogP contribution in [0, 0.1) is 10.5 Å². The predicted molar refractivity (Wildman–Crippen MR) is 122 cm³/mol. The van der Waals surface area contributed by atoms with E-state index in [2.05, 4.69) is 27.9 Å². The number of carbonyl (C=O) groups excluding carboxylic acids is 1. The number of pyridine rings is 1. The minimum absolute atomic E-state index is 0.103. The molecule has 1 N–H and O–H groups in total. The molecule has 28 heavy (non-hydrogen) atoms. The van der Waals surface area contributed by atoms with E-state index in [-0.39, 0.29) is 5.91 Å². The Hall–Kier alpha value is -2.73. The van der Waals surface area contributed by atoms with Crippen molar-refractivity contribution in [3.05, 3.63) is 99.3 Å². The zero-order chi connectivity index (χ0) is 19.5. The molecule has 0 spiro atoms. The van der Waals surface area contributed by atoms with Crippen LogP contribution < -0.4 is 5.32 Å². The topological polar surface area (TPSA) is 42.0 Å². The van der Waals surface area contributed by atoms with Gasteiger partial charge in [-0.2, -0.15) is 0 Å². The highest BCUT2D eigenvalue weighted by atomic mass is 127. The van der Waals surface area contributed by atoms with Crippen molar-refractivity contribution in [3.8, 4) is 11.1 Å². The number of aryl methyl sites for hydroxylation is 1. The van der Waals surface area contributed by atoms with Crippen LogP contribution in [0.15, 0.2) is 78.9 Å². The fourth-order valence-corrected chi connectivity index (χ4v) is 4.00. The van der Waals surface area contributed by atoms with E-state index in [9.17, 15) is 4.79 Å². The molecule has 0 aliphatic heterocycles. The average molecular weight is 478 g/mol. The maximum absolute atomic E-state index is 13.2. The van der Waals surface area contributed by atoms with Crippen molar-refractivity contribution in [2.75, 3.05) is 0 Å². The van der Waals surface area contributed by atoms with Gasteiger partial charge in [0.05, 0.1) is 16.8 Å². The molecule has 1 aromatic heterocycles. The third-order valence-electron chi connectivity index (χ3n) is 4.76. The number of nitrogens with zero attached hydrogens (tertiary/aromatic N) is 1. The monoisotopic (exact) mass is 478 g/mol. The van der Waals surface area contributed by atoms with Gasteiger partial charge in [-0.1, -0.05) is 66.7 Å². The molecule has 3 nitrogen and oxygen atoms in total. The predicted octanol–water partition coefficient (Wildman–Crippen LogP) is 5.74. The Morgan fingerprint density at radius 1 is 0.929 bits per heavy atom. The first-order valence-corrected chi connectivity index (χ1v) is 10.2. The van der Waals surface area contributed by atoms with E-state index in [1.165, 1.54) is 0 Å². The molecule has 1 heterocycles. The van der Waals surface area contributed by atoms with Crippen LogP contribution in [0.25, 0.3) is 22.0 Å². The molecule has 4 rings (SSSR count). The summed E-state index contributed by atoms with van der Waals surface area (Å²) in [6.07, 6.45) is 0. The van der Waals surface area contributed by atoms with Gasteiger partial charge in [0.25, 0.3) is 5.91 Å². The number of hydrogen-bond donors (Lipinski definition) is 1. The minimum atomic E-state index is -0.103. The van der Waals surface area contributed by atoms with Crippen LogP contribution >= 0.6 is 22.6 Å². The Balaban J connectivity index is 1.81. The van der Waals surface area contributed by atoms with Crippen molar-refractivity contribution < 1.29 is 4.79 Å². The molecule has 0 aliphatic carbocycles. The molecule has 1 amide bonds. The largest absolute Gasteiger partial charge is 0.348 e. The summed E-state index contributed by atoms with van der Waals surface area (Å²) in [7, 11) is 0. The smallest absolute Gasteiger partial charge is 0.254 e. The number of hydrogen-bond acceptors (Lipinski definition) is 2. The van der Waals surface area contributed by atoms with Gasteiger partial charge in [-0.15, -0.1) is 0 Å². The van der Waals surface area contributed by atoms with Gasteiger partial charge in [-0.25, -0.2) is 0 Å². The zero-order valence-electron chi connectivity index (χ0n) is 15.4. The quantitative estimate of drug-likeness (QED) is 0.380. The second-order valence-corrected chi connectivity index (χ2v) is 7.77. The second kappa shape index (κ2) is 8.10. The first-order valence-electron chi connectivity index (χ1n) is 9.11. The normalized spacial score (nSPS) is 10.8. The lowest BCUT2D eigenvalue weighted by atomic mass is 9.94. The SMILES string of the molecule is Cc1nc2ccccc2c(-c2ccccc2)c1C(=O)NCc1ccccc1I. The number of carbonyl (C=O) groups is 1. The van der Waals surface area contributed by atoms with Gasteiger partial charge in [0.2, 0.25) is 0 Å². The zero-order valence-corrected chi connectivity index (χ0v) is 17.6. The number of para-hydroxylation sites is 1. The summed E-state index contributed by atoms with van der Waals surface area (Å²) in [6, 6.07) is 26.1. The number of aromatic nitrogens is 1. The van der Waals surface area contributed by atoms with Crippen LogP contribution in [0.3, 0.4) is 0 Å². The fraction of sp³-hybridized carbons (Fsp3) is 0.0833. The third kappa shape index (κ3) is 3.64. The van der Waals surface area contributed by atoms with Crippen molar-refractivity contribution in [1.29, 1.82) is 0 Å². The van der Waals surface area contributed by atoms with E-state index in [0.29, 0.717) is 12.1 Å². The Morgan fingerprint density at radius 3 is 2.39 bits per heavy atom. The van der Waals surface area contributed by atoms with Gasteiger partial charge in [0, 0.05) is 21.1 Å². The Bertz CT molecular complexity index is 1160. The van der Waals surface area contributed by atoms with Crippen LogP contribution in [0.1, 0.15) is 21.6 Å². The van der Waals surface area contributed by atoms with Crippen LogP contribution in [-0.2, 0) is 6.54 Å². The van der Waals surface area contributed by atoms with Crippen molar-refractivity contribution >= 4 is 39.4 Å². The van der Waals surface area contributed by atoms with Gasteiger partial charge in [0.15, 0.2) is 0 Å². The van der Waals surface area contributed by atoms with E-state index in [0.717, 1.165) is 36.9 Å². The number of rotatable bonds is 4. The van der Waals surface area contributed by atoms with Crippen LogP contribution in [0.4, 0.5) is 0 Å². The average Bonchev–Trinajstić information content (AvgIpc) is 2.72. The standard InChI is InChI=1S/C24H19IN2O/c1-16-22(24(28)26-15-18-11-5-7-13-20(18)25)23(17-9-3-2-4-10-17)19-12-6-8-14-21(19)27-16/h2-14H,15H2,1H3,(H,26,28). The number of fused-ring (bicyclic) bond motifs is 1. The summed E-state index contributed by atoms with van der Waals surface area (Å²) in [5.41, 5.74) is 5.32. The second-order valence-electron chi connectivity index (χ2n) is 6.60. The van der Waals surface area contributed by atoms with Gasteiger partial charge >= 0.3 is 0 Å². The summed E-state index contributed by atoms with van der Waals surface area (Å²) in [6.45, 7) is 2.39. The lowest BCUT2D eigenvalue weighted by Crippen LogP contribution is -2.25. The van der Waals surface area contributed by atoms with Crippen molar-refractivity contribution in [1.82, 2.24) is 10.3 Å². The molecule has 0 unspecified atom stereocenters. The van der Waals surface area contributed by atoms with E-state index in [4.69, 9.17) is 4.98 Å². The van der Waals surface area contributed by atoms with Gasteiger partial charge in [-0.05, 0) is 52.8 Å². The van der Waals surface area contributed by atoms with Crippen LogP contribution in [0.5, 0.6) is 0 Å². The fourth-order valence-electron chi connectivity index (χ4n) is 3.42. The molecule has 0 radical (unpaired) electrons. The third-order valence-corrected chi connectivity index (χ3v) is 5.81. The highest BCUT2D eigenvalue weighted by Crippen LogP contribution is 2.33. The first kappa shape index (κ1) is 18.6. The molecule has 138 valence electrons. The van der Waals surface area contributed by atoms with Gasteiger partial charge in [0.1, 0.15) is 0 Å². The van der Waals surface area contributed by atoms with Gasteiger partial charge < -0.3 is 5.32 Å². The van der Waals surface area contributed by atoms with Crippen LogP contribution in [0.2, 0.25) is 0 Å². The van der Waals surface area contributed by atoms with Gasteiger partial charge in [-0.3, -0.25) is 9.78 Å². The minimum Gasteiger partial charge on any atom is -0.348 e. The molecule has 4 aromatic rings. The maximum Gasteiger partial charge on any atom is 0.254 e. The molecular weight excluding hydrogens is 459 g/mol. The van der Waals surface area contributed by atoms with Crippen molar-refractivity contribution in [2.24, 2.45) is 0 Å². The lowest BCUT2D eigenvalue weighted by Gasteiger charge is -2.16. The summed E-state index contributed by atoms with van der Waals surface area (Å²) >= 11 is 2.29. The van der Waals surface area contributed by atoms with E-state index >= 15 is 0 Å². The van der Waals surface area contributed by atoms with E-state index in [1.54, 1.807) is 0 Å². The molecule has 0 aliphatic rings. The summed E-state index contributed by atoms with van der Waals surface area (Å²) in [4.78, 5) is 17.9. The number of halogens is 1. The highest BCUT2D eigenvalue weighted by Gasteiger charge is 2.20. The van der Waals surface area contributed by atoms with Crippen molar-refractivity contribution in [3.63, 3.8) is 0 Å². The molecule has 0 saturated heterocycles. The molecule has 0 fully saturated rings. The summed E-state index contributed by atoms with van der Waals surface area (Å²) in [5, 5.41) is 4.07. The lowest BCUT2D eigenvalue weighted by molar-refractivity contribution is 0.0950. The summed E-state index contributed by atoms with van der Waals surface area (Å²) < 4.78 is 1.14. The molecule has 4 heteroatoms. The molecule has 3 aromatic carbocycles. The molecule has 0 bridgehead atoms. The van der Waals surface area contributed by atoms with E-state index in [1.807, 2.05) is 85.8 Å². The number of nitrogens with one attached hydrogen (secondary N) is 1.